The molecule has 180 valence electrons. The number of ether oxygens (including phenoxy) is 1. The SMILES string of the molecule is C[C@H](C(=O)OCC(=O)c1ccc(Cl)cc1)N1C(=O)[C@H]2C3c4ccccc4C(c4ccccc43)[C@@H]2C1=O. The predicted molar refractivity (Wildman–Crippen MR) is 132 cm³/mol. The van der Waals surface area contributed by atoms with Gasteiger partial charge < -0.3 is 4.74 Å². The Morgan fingerprint density at radius 2 is 1.25 bits per heavy atom. The third-order valence-corrected chi connectivity index (χ3v) is 7.97. The van der Waals surface area contributed by atoms with Crippen molar-refractivity contribution in [2.45, 2.75) is 24.8 Å². The van der Waals surface area contributed by atoms with Crippen molar-refractivity contribution >= 4 is 35.2 Å². The molecule has 3 aromatic rings. The number of hydrogen-bond donors (Lipinski definition) is 0. The van der Waals surface area contributed by atoms with E-state index in [9.17, 15) is 19.2 Å². The van der Waals surface area contributed by atoms with Crippen molar-refractivity contribution in [1.82, 2.24) is 4.90 Å². The number of amides is 2. The van der Waals surface area contributed by atoms with Gasteiger partial charge in [-0.05, 0) is 53.4 Å². The lowest BCUT2D eigenvalue weighted by Crippen LogP contribution is -2.45. The number of imide groups is 1. The summed E-state index contributed by atoms with van der Waals surface area (Å²) >= 11 is 5.86. The van der Waals surface area contributed by atoms with Gasteiger partial charge in [-0.1, -0.05) is 60.1 Å². The summed E-state index contributed by atoms with van der Waals surface area (Å²) in [6, 6.07) is 21.0. The summed E-state index contributed by atoms with van der Waals surface area (Å²) in [4.78, 5) is 53.8. The van der Waals surface area contributed by atoms with Crippen molar-refractivity contribution in [2.24, 2.45) is 11.8 Å². The molecule has 1 fully saturated rings. The molecule has 7 rings (SSSR count). The number of Topliss-reactive ketones (excluding diaryl/α,β-unsaturated/α-hetero) is 1. The van der Waals surface area contributed by atoms with Crippen molar-refractivity contribution in [3.63, 3.8) is 0 Å². The zero-order chi connectivity index (χ0) is 25.1. The average Bonchev–Trinajstić information content (AvgIpc) is 3.17. The molecule has 2 amide bonds. The maximum atomic E-state index is 13.7. The second-order valence-electron chi connectivity index (χ2n) is 9.52. The van der Waals surface area contributed by atoms with Gasteiger partial charge in [0, 0.05) is 22.4 Å². The highest BCUT2D eigenvalue weighted by Crippen LogP contribution is 2.61. The van der Waals surface area contributed by atoms with E-state index in [1.54, 1.807) is 24.3 Å². The van der Waals surface area contributed by atoms with Gasteiger partial charge in [0.15, 0.2) is 12.4 Å². The number of halogens is 1. The number of benzene rings is 3. The van der Waals surface area contributed by atoms with Gasteiger partial charge >= 0.3 is 5.97 Å². The van der Waals surface area contributed by atoms with Crippen LogP contribution in [0.1, 0.15) is 51.4 Å². The number of carbonyl (C=O) groups excluding carboxylic acids is 4. The minimum atomic E-state index is -1.14. The van der Waals surface area contributed by atoms with Crippen molar-refractivity contribution in [3.05, 3.63) is 106 Å². The summed E-state index contributed by atoms with van der Waals surface area (Å²) in [6.07, 6.45) is 0. The van der Waals surface area contributed by atoms with Gasteiger partial charge in [0.05, 0.1) is 11.8 Å². The van der Waals surface area contributed by atoms with E-state index in [-0.39, 0.29) is 23.7 Å². The number of carbonyl (C=O) groups is 4. The number of hydrogen-bond acceptors (Lipinski definition) is 5. The molecule has 0 aromatic heterocycles. The zero-order valence-electron chi connectivity index (χ0n) is 19.4. The maximum Gasteiger partial charge on any atom is 0.329 e. The van der Waals surface area contributed by atoms with Crippen LogP contribution in [0, 0.1) is 11.8 Å². The van der Waals surface area contributed by atoms with Gasteiger partial charge in [0.25, 0.3) is 0 Å². The number of likely N-dealkylation sites (tertiary alicyclic amines) is 1. The number of esters is 1. The Balaban J connectivity index is 1.26. The lowest BCUT2D eigenvalue weighted by molar-refractivity contribution is -0.157. The van der Waals surface area contributed by atoms with E-state index in [4.69, 9.17) is 16.3 Å². The standard InChI is InChI=1S/C29H22ClNO5/c1-15(29(35)36-14-22(32)16-10-12-17(30)13-11-16)31-27(33)25-23-18-6-2-3-7-19(18)24(26(25)28(31)34)21-9-5-4-8-20(21)23/h2-13,15,23-26H,14H2,1H3/t15-,23?,24?,25+,26+/m1/s1. The van der Waals surface area contributed by atoms with Crippen LogP contribution in [-0.2, 0) is 19.1 Å². The Kier molecular flexibility index (Phi) is 5.30. The van der Waals surface area contributed by atoms with Crippen LogP contribution in [-0.4, -0.2) is 41.1 Å². The molecule has 1 aliphatic heterocycles. The van der Waals surface area contributed by atoms with Crippen LogP contribution in [0.5, 0.6) is 0 Å². The van der Waals surface area contributed by atoms with E-state index in [0.29, 0.717) is 10.6 Å². The second kappa shape index (κ2) is 8.42. The van der Waals surface area contributed by atoms with Crippen LogP contribution < -0.4 is 0 Å². The summed E-state index contributed by atoms with van der Waals surface area (Å²) in [5.41, 5.74) is 4.61. The average molecular weight is 500 g/mol. The number of ketones is 1. The van der Waals surface area contributed by atoms with Crippen molar-refractivity contribution < 1.29 is 23.9 Å². The Bertz CT molecular complexity index is 1320. The highest BCUT2D eigenvalue weighted by Gasteiger charge is 2.62. The zero-order valence-corrected chi connectivity index (χ0v) is 20.1. The van der Waals surface area contributed by atoms with Crippen LogP contribution in [0.25, 0.3) is 0 Å². The largest absolute Gasteiger partial charge is 0.456 e. The number of nitrogens with zero attached hydrogens (tertiary/aromatic N) is 1. The lowest BCUT2D eigenvalue weighted by atomic mass is 9.55. The first-order valence-corrected chi connectivity index (χ1v) is 12.3. The van der Waals surface area contributed by atoms with E-state index in [1.807, 2.05) is 48.5 Å². The molecule has 3 atom stereocenters. The molecule has 3 aromatic carbocycles. The minimum absolute atomic E-state index is 0.247. The van der Waals surface area contributed by atoms with Crippen molar-refractivity contribution in [1.29, 1.82) is 0 Å². The summed E-state index contributed by atoms with van der Waals surface area (Å²) in [6.45, 7) is 0.987. The van der Waals surface area contributed by atoms with Crippen LogP contribution in [0.4, 0.5) is 0 Å². The molecular formula is C29H22ClNO5. The Morgan fingerprint density at radius 3 is 1.69 bits per heavy atom. The van der Waals surface area contributed by atoms with E-state index < -0.39 is 36.2 Å². The Hall–Kier alpha value is -3.77. The van der Waals surface area contributed by atoms with Gasteiger partial charge in [0.1, 0.15) is 6.04 Å². The van der Waals surface area contributed by atoms with Gasteiger partial charge in [0.2, 0.25) is 11.8 Å². The summed E-state index contributed by atoms with van der Waals surface area (Å²) in [5.74, 6) is -3.55. The summed E-state index contributed by atoms with van der Waals surface area (Å²) < 4.78 is 5.24. The molecule has 0 spiro atoms. The van der Waals surface area contributed by atoms with Crippen LogP contribution in [0.3, 0.4) is 0 Å². The summed E-state index contributed by atoms with van der Waals surface area (Å²) in [5, 5.41) is 0.489. The highest BCUT2D eigenvalue weighted by molar-refractivity contribution is 6.30. The minimum Gasteiger partial charge on any atom is -0.456 e. The van der Waals surface area contributed by atoms with Gasteiger partial charge in [-0.3, -0.25) is 19.3 Å². The Labute approximate surface area is 212 Å². The molecule has 7 heteroatoms. The molecule has 3 aliphatic carbocycles. The topological polar surface area (TPSA) is 80.8 Å². The predicted octanol–water partition coefficient (Wildman–Crippen LogP) is 4.35. The molecule has 0 unspecified atom stereocenters. The molecule has 36 heavy (non-hydrogen) atoms. The monoisotopic (exact) mass is 499 g/mol. The smallest absolute Gasteiger partial charge is 0.329 e. The fourth-order valence-corrected chi connectivity index (χ4v) is 6.29. The molecule has 1 heterocycles. The Morgan fingerprint density at radius 1 is 0.806 bits per heavy atom. The molecule has 0 radical (unpaired) electrons. The first-order valence-electron chi connectivity index (χ1n) is 11.9. The third-order valence-electron chi connectivity index (χ3n) is 7.72. The quantitative estimate of drug-likeness (QED) is 0.296. The molecule has 6 nitrogen and oxygen atoms in total. The molecule has 2 bridgehead atoms. The van der Waals surface area contributed by atoms with Crippen molar-refractivity contribution in [2.75, 3.05) is 6.61 Å². The van der Waals surface area contributed by atoms with Gasteiger partial charge in [-0.25, -0.2) is 4.79 Å². The van der Waals surface area contributed by atoms with E-state index in [1.165, 1.54) is 6.92 Å². The first-order chi connectivity index (χ1) is 17.4. The molecule has 4 aliphatic rings. The molecular weight excluding hydrogens is 478 g/mol. The van der Waals surface area contributed by atoms with E-state index in [2.05, 4.69) is 0 Å². The summed E-state index contributed by atoms with van der Waals surface area (Å²) in [7, 11) is 0. The first kappa shape index (κ1) is 22.7. The molecule has 0 N–H and O–H groups in total. The van der Waals surface area contributed by atoms with Gasteiger partial charge in [-0.15, -0.1) is 0 Å². The fraction of sp³-hybridized carbons (Fsp3) is 0.241. The number of rotatable bonds is 5. The lowest BCUT2D eigenvalue weighted by Gasteiger charge is -2.45. The normalized spacial score (nSPS) is 24.1. The van der Waals surface area contributed by atoms with Crippen LogP contribution >= 0.6 is 11.6 Å². The highest BCUT2D eigenvalue weighted by atomic mass is 35.5. The van der Waals surface area contributed by atoms with Gasteiger partial charge in [-0.2, -0.15) is 0 Å². The third kappa shape index (κ3) is 3.24. The van der Waals surface area contributed by atoms with Crippen LogP contribution in [0.15, 0.2) is 72.8 Å². The second-order valence-corrected chi connectivity index (χ2v) is 9.96. The molecule has 1 saturated heterocycles. The maximum absolute atomic E-state index is 13.7. The van der Waals surface area contributed by atoms with E-state index >= 15 is 0 Å². The van der Waals surface area contributed by atoms with Crippen LogP contribution in [0.2, 0.25) is 5.02 Å². The van der Waals surface area contributed by atoms with E-state index in [0.717, 1.165) is 27.2 Å². The van der Waals surface area contributed by atoms with Crippen molar-refractivity contribution in [3.8, 4) is 0 Å². The molecule has 0 saturated carbocycles. The fourth-order valence-electron chi connectivity index (χ4n) is 6.16.